The molecule has 0 radical (unpaired) electrons. The standard InChI is InChI=1S/C23H30N4O3/c1-26-9-11-27(12-10-26)22-8-7-18(15-24-22)16-25-23(28)19-4-2-5-20(14-19)30-17-21-6-3-13-29-21/h2,4-5,7-8,14-15,21H,3,6,9-13,16-17H2,1H3,(H,25,28). The molecule has 1 amide bonds. The van der Waals surface area contributed by atoms with Crippen LogP contribution in [0, 0.1) is 0 Å². The average Bonchev–Trinajstić information content (AvgIpc) is 3.31. The molecule has 4 rings (SSSR count). The summed E-state index contributed by atoms with van der Waals surface area (Å²) in [5, 5.41) is 2.97. The minimum Gasteiger partial charge on any atom is -0.491 e. The molecule has 2 aliphatic rings. The maximum atomic E-state index is 12.6. The van der Waals surface area contributed by atoms with Crippen molar-refractivity contribution < 1.29 is 14.3 Å². The van der Waals surface area contributed by atoms with Gasteiger partial charge in [0.15, 0.2) is 0 Å². The van der Waals surface area contributed by atoms with Crippen molar-refractivity contribution in [3.63, 3.8) is 0 Å². The van der Waals surface area contributed by atoms with E-state index in [-0.39, 0.29) is 12.0 Å². The van der Waals surface area contributed by atoms with Crippen molar-refractivity contribution in [3.8, 4) is 5.75 Å². The molecule has 1 unspecified atom stereocenters. The molecule has 2 aromatic rings. The molecular formula is C23H30N4O3. The number of rotatable bonds is 7. The first-order valence-electron chi connectivity index (χ1n) is 10.7. The second kappa shape index (κ2) is 9.91. The summed E-state index contributed by atoms with van der Waals surface area (Å²) in [6, 6.07) is 11.3. The summed E-state index contributed by atoms with van der Waals surface area (Å²) in [5.41, 5.74) is 1.56. The SMILES string of the molecule is CN1CCN(c2ccc(CNC(=O)c3cccc(OCC4CCCO4)c3)cn2)CC1. The van der Waals surface area contributed by atoms with Gasteiger partial charge in [0.05, 0.1) is 6.10 Å². The van der Waals surface area contributed by atoms with Crippen LogP contribution >= 0.6 is 0 Å². The molecule has 2 saturated heterocycles. The number of carbonyl (C=O) groups excluding carboxylic acids is 1. The van der Waals surface area contributed by atoms with Gasteiger partial charge in [0, 0.05) is 51.1 Å². The smallest absolute Gasteiger partial charge is 0.251 e. The highest BCUT2D eigenvalue weighted by molar-refractivity contribution is 5.94. The number of hydrogen-bond donors (Lipinski definition) is 1. The lowest BCUT2D eigenvalue weighted by Gasteiger charge is -2.33. The first-order chi connectivity index (χ1) is 14.7. The first-order valence-corrected chi connectivity index (χ1v) is 10.7. The lowest BCUT2D eigenvalue weighted by atomic mass is 10.2. The van der Waals surface area contributed by atoms with Crippen LogP contribution in [0.15, 0.2) is 42.6 Å². The van der Waals surface area contributed by atoms with Crippen molar-refractivity contribution in [3.05, 3.63) is 53.7 Å². The highest BCUT2D eigenvalue weighted by atomic mass is 16.5. The molecule has 0 saturated carbocycles. The van der Waals surface area contributed by atoms with Crippen LogP contribution in [-0.4, -0.2) is 68.3 Å². The van der Waals surface area contributed by atoms with E-state index in [0.717, 1.165) is 57.0 Å². The third kappa shape index (κ3) is 5.49. The highest BCUT2D eigenvalue weighted by Crippen LogP contribution is 2.18. The minimum atomic E-state index is -0.124. The quantitative estimate of drug-likeness (QED) is 0.756. The molecule has 1 aromatic carbocycles. The monoisotopic (exact) mass is 410 g/mol. The van der Waals surface area contributed by atoms with Crippen molar-refractivity contribution in [2.75, 3.05) is 51.3 Å². The zero-order valence-electron chi connectivity index (χ0n) is 17.5. The number of nitrogens with one attached hydrogen (secondary N) is 1. The summed E-state index contributed by atoms with van der Waals surface area (Å²) in [6.07, 6.45) is 4.11. The molecular weight excluding hydrogens is 380 g/mol. The van der Waals surface area contributed by atoms with E-state index in [1.165, 1.54) is 0 Å². The molecule has 7 heteroatoms. The Kier molecular flexibility index (Phi) is 6.81. The van der Waals surface area contributed by atoms with Crippen LogP contribution in [0.1, 0.15) is 28.8 Å². The second-order valence-electron chi connectivity index (χ2n) is 7.97. The number of likely N-dealkylation sites (N-methyl/N-ethyl adjacent to an activating group) is 1. The number of carbonyl (C=O) groups is 1. The van der Waals surface area contributed by atoms with Gasteiger partial charge >= 0.3 is 0 Å². The summed E-state index contributed by atoms with van der Waals surface area (Å²) in [5.74, 6) is 1.56. The van der Waals surface area contributed by atoms with Gasteiger partial charge in [-0.15, -0.1) is 0 Å². The number of amides is 1. The van der Waals surface area contributed by atoms with Gasteiger partial charge in [-0.25, -0.2) is 4.98 Å². The molecule has 0 aliphatic carbocycles. The van der Waals surface area contributed by atoms with E-state index in [4.69, 9.17) is 9.47 Å². The zero-order chi connectivity index (χ0) is 20.8. The Balaban J connectivity index is 1.27. The largest absolute Gasteiger partial charge is 0.491 e. The van der Waals surface area contributed by atoms with Gasteiger partial charge in [-0.3, -0.25) is 4.79 Å². The average molecular weight is 411 g/mol. The summed E-state index contributed by atoms with van der Waals surface area (Å²) in [7, 11) is 2.14. The number of hydrogen-bond acceptors (Lipinski definition) is 6. The maximum absolute atomic E-state index is 12.6. The lowest BCUT2D eigenvalue weighted by molar-refractivity contribution is 0.0679. The number of pyridine rings is 1. The fourth-order valence-electron chi connectivity index (χ4n) is 3.72. The van der Waals surface area contributed by atoms with Gasteiger partial charge in [-0.2, -0.15) is 0 Å². The van der Waals surface area contributed by atoms with Gasteiger partial charge < -0.3 is 24.6 Å². The number of anilines is 1. The van der Waals surface area contributed by atoms with Crippen molar-refractivity contribution in [1.29, 1.82) is 0 Å². The summed E-state index contributed by atoms with van der Waals surface area (Å²) in [4.78, 5) is 21.7. The van der Waals surface area contributed by atoms with Crippen LogP contribution in [0.5, 0.6) is 5.75 Å². The Hall–Kier alpha value is -2.64. The van der Waals surface area contributed by atoms with Crippen LogP contribution in [0.2, 0.25) is 0 Å². The fraction of sp³-hybridized carbons (Fsp3) is 0.478. The summed E-state index contributed by atoms with van der Waals surface area (Å²) >= 11 is 0. The van der Waals surface area contributed by atoms with Gasteiger partial charge in [-0.1, -0.05) is 12.1 Å². The topological polar surface area (TPSA) is 66.9 Å². The molecule has 1 N–H and O–H groups in total. The molecule has 0 spiro atoms. The fourth-order valence-corrected chi connectivity index (χ4v) is 3.72. The van der Waals surface area contributed by atoms with E-state index >= 15 is 0 Å². The molecule has 1 atom stereocenters. The molecule has 7 nitrogen and oxygen atoms in total. The van der Waals surface area contributed by atoms with Crippen LogP contribution in [-0.2, 0) is 11.3 Å². The minimum absolute atomic E-state index is 0.124. The maximum Gasteiger partial charge on any atom is 0.251 e. The van der Waals surface area contributed by atoms with Crippen molar-refractivity contribution >= 4 is 11.7 Å². The third-order valence-corrected chi connectivity index (χ3v) is 5.65. The van der Waals surface area contributed by atoms with E-state index in [9.17, 15) is 4.79 Å². The highest BCUT2D eigenvalue weighted by Gasteiger charge is 2.17. The Morgan fingerprint density at radius 3 is 2.83 bits per heavy atom. The number of piperazine rings is 1. The van der Waals surface area contributed by atoms with Gasteiger partial charge in [0.2, 0.25) is 0 Å². The predicted molar refractivity (Wildman–Crippen MR) is 116 cm³/mol. The molecule has 1 aromatic heterocycles. The Labute approximate surface area is 178 Å². The van der Waals surface area contributed by atoms with E-state index in [1.807, 2.05) is 30.5 Å². The van der Waals surface area contributed by atoms with Gasteiger partial charge in [-0.05, 0) is 49.7 Å². The molecule has 30 heavy (non-hydrogen) atoms. The van der Waals surface area contributed by atoms with Crippen LogP contribution < -0.4 is 15.0 Å². The number of benzene rings is 1. The van der Waals surface area contributed by atoms with Crippen LogP contribution in [0.3, 0.4) is 0 Å². The second-order valence-corrected chi connectivity index (χ2v) is 7.97. The van der Waals surface area contributed by atoms with E-state index in [2.05, 4.69) is 27.1 Å². The Bertz CT molecular complexity index is 829. The molecule has 2 fully saturated rings. The first kappa shape index (κ1) is 20.6. The van der Waals surface area contributed by atoms with Crippen molar-refractivity contribution in [1.82, 2.24) is 15.2 Å². The summed E-state index contributed by atoms with van der Waals surface area (Å²) < 4.78 is 11.4. The molecule has 2 aliphatic heterocycles. The predicted octanol–water partition coefficient (Wildman–Crippen LogP) is 2.32. The number of ether oxygens (including phenoxy) is 2. The zero-order valence-corrected chi connectivity index (χ0v) is 17.5. The van der Waals surface area contributed by atoms with E-state index < -0.39 is 0 Å². The van der Waals surface area contributed by atoms with Crippen LogP contribution in [0.4, 0.5) is 5.82 Å². The molecule has 160 valence electrons. The van der Waals surface area contributed by atoms with Crippen LogP contribution in [0.25, 0.3) is 0 Å². The van der Waals surface area contributed by atoms with Gasteiger partial charge in [0.25, 0.3) is 5.91 Å². The van der Waals surface area contributed by atoms with Gasteiger partial charge in [0.1, 0.15) is 18.2 Å². The van der Waals surface area contributed by atoms with E-state index in [0.29, 0.717) is 24.5 Å². The van der Waals surface area contributed by atoms with E-state index in [1.54, 1.807) is 12.1 Å². The van der Waals surface area contributed by atoms with Crippen molar-refractivity contribution in [2.24, 2.45) is 0 Å². The normalized spacial score (nSPS) is 19.6. The third-order valence-electron chi connectivity index (χ3n) is 5.65. The molecule has 0 bridgehead atoms. The number of nitrogens with zero attached hydrogens (tertiary/aromatic N) is 3. The van der Waals surface area contributed by atoms with Crippen molar-refractivity contribution in [2.45, 2.75) is 25.5 Å². The summed E-state index contributed by atoms with van der Waals surface area (Å²) in [6.45, 7) is 5.86. The molecule has 3 heterocycles. The lowest BCUT2D eigenvalue weighted by Crippen LogP contribution is -2.44. The Morgan fingerprint density at radius 1 is 1.23 bits per heavy atom. The Morgan fingerprint density at radius 2 is 2.10 bits per heavy atom. The number of aromatic nitrogens is 1.